The Kier molecular flexibility index (Phi) is 4.40. The smallest absolute Gasteiger partial charge is 0.417 e. The van der Waals surface area contributed by atoms with E-state index >= 15 is 0 Å². The molecular formula is C10H9F5N2O2. The zero-order valence-electron chi connectivity index (χ0n) is 9.34. The maximum absolute atomic E-state index is 12.8. The van der Waals surface area contributed by atoms with Crippen LogP contribution in [-0.4, -0.2) is 16.1 Å². The molecule has 1 rings (SSSR count). The predicted molar refractivity (Wildman–Crippen MR) is 53.4 cm³/mol. The number of nitrogens with zero attached hydrogens (tertiary/aromatic N) is 1. The fourth-order valence-electron chi connectivity index (χ4n) is 1.64. The summed E-state index contributed by atoms with van der Waals surface area (Å²) in [4.78, 5) is 13.9. The second-order valence-corrected chi connectivity index (χ2v) is 3.59. The summed E-state index contributed by atoms with van der Waals surface area (Å²) in [6.07, 6.45) is -8.99. The van der Waals surface area contributed by atoms with Crippen molar-refractivity contribution < 1.29 is 31.9 Å². The standard InChI is InChI=1S/C10H9F5N2O2/c11-9(12)7-5(2-16)17-3-4(1-6(18)19)8(7)10(13,14)15/h3,9H,1-2,16H2,(H,18,19). The van der Waals surface area contributed by atoms with Gasteiger partial charge in [-0.25, -0.2) is 8.78 Å². The molecule has 0 aromatic carbocycles. The van der Waals surface area contributed by atoms with Crippen LogP contribution >= 0.6 is 0 Å². The van der Waals surface area contributed by atoms with E-state index in [1.807, 2.05) is 0 Å². The SMILES string of the molecule is NCc1ncc(CC(=O)O)c(C(F)(F)F)c1C(F)F. The predicted octanol–water partition coefficient (Wildman–Crippen LogP) is 2.12. The molecule has 0 bridgehead atoms. The van der Waals surface area contributed by atoms with Crippen molar-refractivity contribution in [1.29, 1.82) is 0 Å². The van der Waals surface area contributed by atoms with Crippen LogP contribution < -0.4 is 5.73 Å². The molecule has 1 aromatic rings. The summed E-state index contributed by atoms with van der Waals surface area (Å²) in [6, 6.07) is 0. The average Bonchev–Trinajstić information content (AvgIpc) is 2.25. The van der Waals surface area contributed by atoms with E-state index in [1.165, 1.54) is 0 Å². The third-order valence-electron chi connectivity index (χ3n) is 2.31. The lowest BCUT2D eigenvalue weighted by Crippen LogP contribution is -2.19. The summed E-state index contributed by atoms with van der Waals surface area (Å²) in [7, 11) is 0. The van der Waals surface area contributed by atoms with Crippen LogP contribution in [-0.2, 0) is 23.9 Å². The van der Waals surface area contributed by atoms with Crippen LogP contribution in [0.15, 0.2) is 6.20 Å². The number of hydrogen-bond donors (Lipinski definition) is 2. The molecule has 4 nitrogen and oxygen atoms in total. The average molecular weight is 284 g/mol. The number of nitrogens with two attached hydrogens (primary N) is 1. The van der Waals surface area contributed by atoms with Crippen molar-refractivity contribution in [3.05, 3.63) is 28.6 Å². The first-order chi connectivity index (χ1) is 8.68. The molecular weight excluding hydrogens is 275 g/mol. The number of aliphatic carboxylic acids is 1. The molecule has 0 aliphatic heterocycles. The molecule has 0 spiro atoms. The number of hydrogen-bond acceptors (Lipinski definition) is 3. The summed E-state index contributed by atoms with van der Waals surface area (Å²) < 4.78 is 64.1. The first-order valence-corrected chi connectivity index (χ1v) is 4.96. The zero-order valence-corrected chi connectivity index (χ0v) is 9.34. The number of carboxylic acid groups (broad SMARTS) is 1. The zero-order chi connectivity index (χ0) is 14.8. The van der Waals surface area contributed by atoms with Crippen LogP contribution in [0, 0.1) is 0 Å². The number of pyridine rings is 1. The number of halogens is 5. The molecule has 106 valence electrons. The van der Waals surface area contributed by atoms with Gasteiger partial charge in [-0.1, -0.05) is 0 Å². The summed E-state index contributed by atoms with van der Waals surface area (Å²) in [6.45, 7) is -0.601. The van der Waals surface area contributed by atoms with Crippen molar-refractivity contribution in [2.24, 2.45) is 5.73 Å². The van der Waals surface area contributed by atoms with Crippen LogP contribution in [0.25, 0.3) is 0 Å². The molecule has 0 unspecified atom stereocenters. The minimum absolute atomic E-state index is 0.600. The molecule has 0 saturated carbocycles. The van der Waals surface area contributed by atoms with Gasteiger partial charge in [-0.05, 0) is 5.56 Å². The number of carboxylic acids is 1. The Morgan fingerprint density at radius 3 is 2.37 bits per heavy atom. The van der Waals surface area contributed by atoms with Crippen LogP contribution in [0.3, 0.4) is 0 Å². The lowest BCUT2D eigenvalue weighted by atomic mass is 9.98. The van der Waals surface area contributed by atoms with Gasteiger partial charge in [0.15, 0.2) is 0 Å². The maximum atomic E-state index is 12.8. The second kappa shape index (κ2) is 5.47. The van der Waals surface area contributed by atoms with Crippen LogP contribution in [0.4, 0.5) is 22.0 Å². The Labute approximate surface area is 104 Å². The minimum Gasteiger partial charge on any atom is -0.481 e. The Morgan fingerprint density at radius 2 is 2.00 bits per heavy atom. The van der Waals surface area contributed by atoms with Crippen LogP contribution in [0.1, 0.15) is 28.8 Å². The maximum Gasteiger partial charge on any atom is 0.417 e. The Bertz CT molecular complexity index is 488. The van der Waals surface area contributed by atoms with E-state index in [1.54, 1.807) is 0 Å². The van der Waals surface area contributed by atoms with Crippen molar-refractivity contribution in [3.63, 3.8) is 0 Å². The van der Waals surface area contributed by atoms with Gasteiger partial charge < -0.3 is 10.8 Å². The fourth-order valence-corrected chi connectivity index (χ4v) is 1.64. The Hall–Kier alpha value is -1.77. The second-order valence-electron chi connectivity index (χ2n) is 3.59. The van der Waals surface area contributed by atoms with Crippen LogP contribution in [0.5, 0.6) is 0 Å². The van der Waals surface area contributed by atoms with Crippen molar-refractivity contribution in [1.82, 2.24) is 4.98 Å². The lowest BCUT2D eigenvalue weighted by Gasteiger charge is -2.18. The third kappa shape index (κ3) is 3.37. The highest BCUT2D eigenvalue weighted by Crippen LogP contribution is 2.39. The van der Waals surface area contributed by atoms with Gasteiger partial charge in [0.1, 0.15) is 0 Å². The summed E-state index contributed by atoms with van der Waals surface area (Å²) in [5.74, 6) is -1.58. The lowest BCUT2D eigenvalue weighted by molar-refractivity contribution is -0.141. The van der Waals surface area contributed by atoms with Gasteiger partial charge in [-0.15, -0.1) is 0 Å². The summed E-state index contributed by atoms with van der Waals surface area (Å²) in [5.41, 5.74) is 0.640. The van der Waals surface area contributed by atoms with Crippen molar-refractivity contribution >= 4 is 5.97 Å². The molecule has 0 aliphatic rings. The topological polar surface area (TPSA) is 76.2 Å². The van der Waals surface area contributed by atoms with Gasteiger partial charge in [0.25, 0.3) is 6.43 Å². The first kappa shape index (κ1) is 15.3. The molecule has 0 fully saturated rings. The highest BCUT2D eigenvalue weighted by atomic mass is 19.4. The van der Waals surface area contributed by atoms with Gasteiger partial charge in [-0.3, -0.25) is 9.78 Å². The quantitative estimate of drug-likeness (QED) is 0.830. The number of alkyl halides is 5. The van der Waals surface area contributed by atoms with Crippen molar-refractivity contribution in [2.45, 2.75) is 25.6 Å². The van der Waals surface area contributed by atoms with Crippen molar-refractivity contribution in [3.8, 4) is 0 Å². The summed E-state index contributed by atoms with van der Waals surface area (Å²) in [5, 5.41) is 8.51. The monoisotopic (exact) mass is 284 g/mol. The molecule has 0 radical (unpaired) electrons. The normalized spacial score (nSPS) is 11.9. The van der Waals surface area contributed by atoms with Crippen LogP contribution in [0.2, 0.25) is 0 Å². The molecule has 9 heteroatoms. The number of rotatable bonds is 4. The molecule has 0 saturated heterocycles. The first-order valence-electron chi connectivity index (χ1n) is 4.96. The largest absolute Gasteiger partial charge is 0.481 e. The van der Waals surface area contributed by atoms with E-state index in [4.69, 9.17) is 10.8 Å². The molecule has 0 atom stereocenters. The highest BCUT2D eigenvalue weighted by molar-refractivity contribution is 5.71. The fraction of sp³-hybridized carbons (Fsp3) is 0.400. The molecule has 19 heavy (non-hydrogen) atoms. The van der Waals surface area contributed by atoms with E-state index in [2.05, 4.69) is 4.98 Å². The summed E-state index contributed by atoms with van der Waals surface area (Å²) >= 11 is 0. The number of aromatic nitrogens is 1. The van der Waals surface area contributed by atoms with Gasteiger partial charge >= 0.3 is 12.1 Å². The molecule has 1 heterocycles. The van der Waals surface area contributed by atoms with E-state index < -0.39 is 53.9 Å². The van der Waals surface area contributed by atoms with Gasteiger partial charge in [-0.2, -0.15) is 13.2 Å². The highest BCUT2D eigenvalue weighted by Gasteiger charge is 2.40. The van der Waals surface area contributed by atoms with Gasteiger partial charge in [0.05, 0.1) is 23.2 Å². The van der Waals surface area contributed by atoms with E-state index in [-0.39, 0.29) is 0 Å². The van der Waals surface area contributed by atoms with E-state index in [0.29, 0.717) is 6.20 Å². The molecule has 1 aromatic heterocycles. The van der Waals surface area contributed by atoms with Gasteiger partial charge in [0.2, 0.25) is 0 Å². The molecule has 0 amide bonds. The molecule has 0 aliphatic carbocycles. The Morgan fingerprint density at radius 1 is 1.42 bits per heavy atom. The molecule has 3 N–H and O–H groups in total. The minimum atomic E-state index is -5.11. The van der Waals surface area contributed by atoms with Crippen molar-refractivity contribution in [2.75, 3.05) is 0 Å². The number of carbonyl (C=O) groups is 1. The third-order valence-corrected chi connectivity index (χ3v) is 2.31. The Balaban J connectivity index is 3.59. The van der Waals surface area contributed by atoms with Gasteiger partial charge in [0, 0.05) is 12.7 Å². The van der Waals surface area contributed by atoms with E-state index in [0.717, 1.165) is 0 Å². The van der Waals surface area contributed by atoms with E-state index in [9.17, 15) is 26.7 Å².